The molecule has 6 nitrogen and oxygen atoms in total. The Morgan fingerprint density at radius 2 is 0.900 bits per heavy atom. The maximum atomic E-state index is 12.6. The van der Waals surface area contributed by atoms with Crippen LogP contribution in [0.5, 0.6) is 0 Å². The van der Waals surface area contributed by atoms with Gasteiger partial charge in [0.05, 0.1) is 31.7 Å². The van der Waals surface area contributed by atoms with Gasteiger partial charge in [0.2, 0.25) is 0 Å². The maximum Gasteiger partial charge on any atom is 0.308 e. The van der Waals surface area contributed by atoms with Crippen molar-refractivity contribution < 1.29 is 24.2 Å². The molecule has 50 heavy (non-hydrogen) atoms. The molecule has 0 aromatic carbocycles. The van der Waals surface area contributed by atoms with Crippen LogP contribution in [0.15, 0.2) is 0 Å². The van der Waals surface area contributed by atoms with Gasteiger partial charge in [-0.1, -0.05) is 130 Å². The Bertz CT molecular complexity index is 678. The number of aliphatic hydroxyl groups excluding tert-OH is 1. The van der Waals surface area contributed by atoms with Gasteiger partial charge < -0.3 is 19.5 Å². The molecule has 0 saturated heterocycles. The molecule has 0 spiro atoms. The van der Waals surface area contributed by atoms with E-state index >= 15 is 0 Å². The minimum Gasteiger partial charge on any atom is -0.465 e. The van der Waals surface area contributed by atoms with Gasteiger partial charge in [-0.3, -0.25) is 9.59 Å². The second kappa shape index (κ2) is 39.8. The summed E-state index contributed by atoms with van der Waals surface area (Å²) in [6.45, 7) is 13.5. The lowest BCUT2D eigenvalue weighted by molar-refractivity contribution is -0.150. The molecule has 0 aromatic heterocycles. The number of esters is 2. The highest BCUT2D eigenvalue weighted by atomic mass is 32.2. The zero-order valence-electron chi connectivity index (χ0n) is 33.5. The van der Waals surface area contributed by atoms with Crippen molar-refractivity contribution in [2.45, 2.75) is 182 Å². The van der Waals surface area contributed by atoms with Crippen LogP contribution in [-0.4, -0.2) is 84.4 Å². The van der Waals surface area contributed by atoms with Crippen molar-refractivity contribution in [1.29, 1.82) is 0 Å². The predicted molar refractivity (Wildman–Crippen MR) is 221 cm³/mol. The van der Waals surface area contributed by atoms with Crippen molar-refractivity contribution >= 4 is 35.5 Å². The van der Waals surface area contributed by atoms with Crippen LogP contribution in [0.1, 0.15) is 182 Å². The highest BCUT2D eigenvalue weighted by Crippen LogP contribution is 2.19. The second-order valence-corrected chi connectivity index (χ2v) is 16.7. The Labute approximate surface area is 319 Å². The lowest BCUT2D eigenvalue weighted by atomic mass is 9.98. The SMILES string of the molecule is CCCCCCCCC(CC)C(=O)OCCCCCCN(CCCCCCOC(=O)C(CC)CCCCCCCC)CCSCCSCCO. The van der Waals surface area contributed by atoms with E-state index in [9.17, 15) is 9.59 Å². The third kappa shape index (κ3) is 32.2. The van der Waals surface area contributed by atoms with E-state index in [1.165, 1.54) is 89.9 Å². The van der Waals surface area contributed by atoms with Gasteiger partial charge in [-0.05, 0) is 64.5 Å². The fourth-order valence-electron chi connectivity index (χ4n) is 6.40. The first kappa shape index (κ1) is 49.6. The molecule has 0 amide bonds. The van der Waals surface area contributed by atoms with Crippen LogP contribution >= 0.6 is 23.5 Å². The number of ether oxygens (including phenoxy) is 2. The zero-order chi connectivity index (χ0) is 36.8. The molecule has 0 rings (SSSR count). The van der Waals surface area contributed by atoms with E-state index in [4.69, 9.17) is 14.6 Å². The lowest BCUT2D eigenvalue weighted by Gasteiger charge is -2.22. The Morgan fingerprint density at radius 1 is 0.500 bits per heavy atom. The Kier molecular flexibility index (Phi) is 39.4. The number of unbranched alkanes of at least 4 members (excludes halogenated alkanes) is 16. The first-order chi connectivity index (χ1) is 24.5. The van der Waals surface area contributed by atoms with Gasteiger partial charge in [-0.2, -0.15) is 23.5 Å². The fraction of sp³-hybridized carbons (Fsp3) is 0.952. The van der Waals surface area contributed by atoms with E-state index in [0.29, 0.717) is 13.2 Å². The molecule has 0 aliphatic rings. The van der Waals surface area contributed by atoms with Crippen LogP contribution in [0.25, 0.3) is 0 Å². The summed E-state index contributed by atoms with van der Waals surface area (Å²) in [5, 5.41) is 8.99. The smallest absolute Gasteiger partial charge is 0.308 e. The molecule has 1 N–H and O–H groups in total. The van der Waals surface area contributed by atoms with Crippen molar-refractivity contribution in [2.75, 3.05) is 62.5 Å². The van der Waals surface area contributed by atoms with Crippen LogP contribution in [0.3, 0.4) is 0 Å². The van der Waals surface area contributed by atoms with Crippen LogP contribution in [0.2, 0.25) is 0 Å². The Hall–Kier alpha value is -0.440. The van der Waals surface area contributed by atoms with Crippen molar-refractivity contribution in [3.8, 4) is 0 Å². The van der Waals surface area contributed by atoms with Crippen LogP contribution in [0.4, 0.5) is 0 Å². The maximum absolute atomic E-state index is 12.6. The summed E-state index contributed by atoms with van der Waals surface area (Å²) < 4.78 is 11.4. The predicted octanol–water partition coefficient (Wildman–Crippen LogP) is 11.5. The average molecular weight is 746 g/mol. The highest BCUT2D eigenvalue weighted by Gasteiger charge is 2.18. The molecule has 0 aromatic rings. The lowest BCUT2D eigenvalue weighted by Crippen LogP contribution is -2.28. The molecule has 2 atom stereocenters. The van der Waals surface area contributed by atoms with Crippen molar-refractivity contribution in [3.63, 3.8) is 0 Å². The molecule has 0 heterocycles. The number of hydrogen-bond acceptors (Lipinski definition) is 8. The summed E-state index contributed by atoms with van der Waals surface area (Å²) in [6, 6.07) is 0. The van der Waals surface area contributed by atoms with Crippen LogP contribution < -0.4 is 0 Å². The third-order valence-electron chi connectivity index (χ3n) is 9.85. The Balaban J connectivity index is 4.24. The minimum absolute atomic E-state index is 0.0197. The minimum atomic E-state index is 0.0197. The zero-order valence-corrected chi connectivity index (χ0v) is 35.2. The average Bonchev–Trinajstić information content (AvgIpc) is 3.12. The molecule has 0 fully saturated rings. The number of carbonyl (C=O) groups excluding carboxylic acids is 2. The summed E-state index contributed by atoms with van der Waals surface area (Å²) in [7, 11) is 0. The van der Waals surface area contributed by atoms with Crippen molar-refractivity contribution in [2.24, 2.45) is 11.8 Å². The van der Waals surface area contributed by atoms with Crippen molar-refractivity contribution in [3.05, 3.63) is 0 Å². The monoisotopic (exact) mass is 746 g/mol. The molecule has 0 bridgehead atoms. The van der Waals surface area contributed by atoms with Gasteiger partial charge in [-0.15, -0.1) is 0 Å². The van der Waals surface area contributed by atoms with Gasteiger partial charge >= 0.3 is 11.9 Å². The molecular formula is C42H83NO5S2. The first-order valence-electron chi connectivity index (χ1n) is 21.4. The van der Waals surface area contributed by atoms with Crippen LogP contribution in [-0.2, 0) is 19.1 Å². The molecule has 0 aliphatic carbocycles. The third-order valence-corrected chi connectivity index (χ3v) is 12.0. The summed E-state index contributed by atoms with van der Waals surface area (Å²) in [5.74, 6) is 4.43. The number of nitrogens with zero attached hydrogens (tertiary/aromatic N) is 1. The quantitative estimate of drug-likeness (QED) is 0.0491. The first-order valence-corrected chi connectivity index (χ1v) is 23.7. The summed E-state index contributed by atoms with van der Waals surface area (Å²) in [5.41, 5.74) is 0. The summed E-state index contributed by atoms with van der Waals surface area (Å²) in [6.07, 6.45) is 27.8. The highest BCUT2D eigenvalue weighted by molar-refractivity contribution is 8.02. The molecule has 8 heteroatoms. The molecule has 0 aliphatic heterocycles. The summed E-state index contributed by atoms with van der Waals surface area (Å²) >= 11 is 3.86. The van der Waals surface area contributed by atoms with Crippen LogP contribution in [0, 0.1) is 11.8 Å². The van der Waals surface area contributed by atoms with Gasteiger partial charge in [0.15, 0.2) is 0 Å². The van der Waals surface area contributed by atoms with E-state index in [0.717, 1.165) is 107 Å². The van der Waals surface area contributed by atoms with E-state index in [2.05, 4.69) is 32.6 Å². The summed E-state index contributed by atoms with van der Waals surface area (Å²) in [4.78, 5) is 27.8. The molecular weight excluding hydrogens is 663 g/mol. The van der Waals surface area contributed by atoms with Gasteiger partial charge in [0.25, 0.3) is 0 Å². The number of hydrogen-bond donors (Lipinski definition) is 1. The largest absolute Gasteiger partial charge is 0.465 e. The molecule has 0 radical (unpaired) electrons. The molecule has 2 unspecified atom stereocenters. The number of carbonyl (C=O) groups is 2. The number of rotatable bonds is 40. The van der Waals surface area contributed by atoms with E-state index in [1.807, 2.05) is 23.5 Å². The fourth-order valence-corrected chi connectivity index (χ4v) is 8.27. The van der Waals surface area contributed by atoms with Crippen molar-refractivity contribution in [1.82, 2.24) is 4.90 Å². The molecule has 0 saturated carbocycles. The number of aliphatic hydroxyl groups is 1. The second-order valence-electron chi connectivity index (χ2n) is 14.3. The van der Waals surface area contributed by atoms with E-state index < -0.39 is 0 Å². The standard InChI is InChI=1S/C42H83NO5S2/c1-5-9-11-13-15-21-27-39(7-3)41(45)47-33-25-19-17-23-29-43(31-35-49-37-38-50-36-32-44)30-24-18-20-26-34-48-42(46)40(8-4)28-22-16-14-12-10-6-2/h39-40,44H,5-38H2,1-4H3. The Morgan fingerprint density at radius 3 is 1.34 bits per heavy atom. The van der Waals surface area contributed by atoms with E-state index in [-0.39, 0.29) is 30.4 Å². The van der Waals surface area contributed by atoms with E-state index in [1.54, 1.807) is 0 Å². The van der Waals surface area contributed by atoms with Gasteiger partial charge in [0.1, 0.15) is 0 Å². The molecule has 298 valence electrons. The number of thioether (sulfide) groups is 2. The van der Waals surface area contributed by atoms with Gasteiger partial charge in [0, 0.05) is 29.6 Å². The topological polar surface area (TPSA) is 76.1 Å². The van der Waals surface area contributed by atoms with Gasteiger partial charge in [-0.25, -0.2) is 0 Å². The normalized spacial score (nSPS) is 12.8.